The van der Waals surface area contributed by atoms with Crippen LogP contribution in [0.4, 0.5) is 18.9 Å². The van der Waals surface area contributed by atoms with Crippen LogP contribution in [-0.2, 0) is 0 Å². The molecular formula is C20H25F3N4O2. The SMILES string of the molecule is O=c1c2ccc(N3CCN(CC(O)C(F)(F)F)CC3)cc2ncn1C1CCCC1. The summed E-state index contributed by atoms with van der Waals surface area (Å²) in [7, 11) is 0. The van der Waals surface area contributed by atoms with Crippen LogP contribution in [0.3, 0.4) is 0 Å². The summed E-state index contributed by atoms with van der Waals surface area (Å²) in [4.78, 5) is 21.0. The number of β-amino-alcohol motifs (C(OH)–C–C–N with tert-alkyl or cyclic N) is 1. The molecule has 0 spiro atoms. The Morgan fingerprint density at radius 3 is 2.48 bits per heavy atom. The molecule has 4 rings (SSSR count). The Kier molecular flexibility index (Phi) is 5.52. The summed E-state index contributed by atoms with van der Waals surface area (Å²) in [6, 6.07) is 5.78. The van der Waals surface area contributed by atoms with E-state index in [1.54, 1.807) is 21.9 Å². The molecule has 1 aromatic heterocycles. The van der Waals surface area contributed by atoms with Crippen LogP contribution in [0, 0.1) is 0 Å². The van der Waals surface area contributed by atoms with Gasteiger partial charge in [0.15, 0.2) is 6.10 Å². The molecule has 1 saturated heterocycles. The first-order valence-electron chi connectivity index (χ1n) is 10.1. The van der Waals surface area contributed by atoms with E-state index in [-0.39, 0.29) is 11.6 Å². The van der Waals surface area contributed by atoms with E-state index in [2.05, 4.69) is 9.88 Å². The second-order valence-electron chi connectivity index (χ2n) is 7.94. The Morgan fingerprint density at radius 1 is 1.14 bits per heavy atom. The van der Waals surface area contributed by atoms with Gasteiger partial charge in [-0.25, -0.2) is 4.98 Å². The fraction of sp³-hybridized carbons (Fsp3) is 0.600. The predicted molar refractivity (Wildman–Crippen MR) is 104 cm³/mol. The molecule has 1 aliphatic carbocycles. The van der Waals surface area contributed by atoms with Crippen molar-refractivity contribution in [2.24, 2.45) is 0 Å². The summed E-state index contributed by atoms with van der Waals surface area (Å²) in [5.41, 5.74) is 1.52. The molecule has 0 amide bonds. The third-order valence-electron chi connectivity index (χ3n) is 6.03. The van der Waals surface area contributed by atoms with Gasteiger partial charge in [-0.15, -0.1) is 0 Å². The fourth-order valence-electron chi connectivity index (χ4n) is 4.30. The summed E-state index contributed by atoms with van der Waals surface area (Å²) in [6.45, 7) is 1.56. The largest absolute Gasteiger partial charge is 0.415 e. The minimum absolute atomic E-state index is 0.0144. The van der Waals surface area contributed by atoms with Crippen molar-refractivity contribution in [3.8, 4) is 0 Å². The summed E-state index contributed by atoms with van der Waals surface area (Å²) in [5, 5.41) is 9.84. The summed E-state index contributed by atoms with van der Waals surface area (Å²) in [5.74, 6) is 0. The van der Waals surface area contributed by atoms with Crippen LogP contribution in [0.25, 0.3) is 10.9 Å². The summed E-state index contributed by atoms with van der Waals surface area (Å²) >= 11 is 0. The lowest BCUT2D eigenvalue weighted by Crippen LogP contribution is -2.50. The molecule has 29 heavy (non-hydrogen) atoms. The highest BCUT2D eigenvalue weighted by molar-refractivity contribution is 5.81. The van der Waals surface area contributed by atoms with Crippen molar-refractivity contribution in [1.29, 1.82) is 0 Å². The minimum Gasteiger partial charge on any atom is -0.382 e. The van der Waals surface area contributed by atoms with Gasteiger partial charge in [0.25, 0.3) is 5.56 Å². The van der Waals surface area contributed by atoms with Crippen LogP contribution in [0.5, 0.6) is 0 Å². The number of aliphatic hydroxyl groups excluding tert-OH is 1. The van der Waals surface area contributed by atoms with Crippen molar-refractivity contribution in [2.45, 2.75) is 44.0 Å². The Morgan fingerprint density at radius 2 is 1.83 bits per heavy atom. The average molecular weight is 410 g/mol. The van der Waals surface area contributed by atoms with Gasteiger partial charge in [-0.05, 0) is 31.0 Å². The number of nitrogens with zero attached hydrogens (tertiary/aromatic N) is 4. The smallest absolute Gasteiger partial charge is 0.382 e. The van der Waals surface area contributed by atoms with Crippen molar-refractivity contribution in [1.82, 2.24) is 14.5 Å². The number of aliphatic hydroxyl groups is 1. The molecule has 1 N–H and O–H groups in total. The Bertz CT molecular complexity index is 916. The maximum absolute atomic E-state index is 12.8. The maximum Gasteiger partial charge on any atom is 0.415 e. The average Bonchev–Trinajstić information content (AvgIpc) is 3.22. The third-order valence-corrected chi connectivity index (χ3v) is 6.03. The third kappa shape index (κ3) is 4.25. The number of alkyl halides is 3. The van der Waals surface area contributed by atoms with Crippen LogP contribution in [-0.4, -0.2) is 64.6 Å². The van der Waals surface area contributed by atoms with Crippen molar-refractivity contribution >= 4 is 16.6 Å². The lowest BCUT2D eigenvalue weighted by molar-refractivity contribution is -0.208. The molecule has 9 heteroatoms. The van der Waals surface area contributed by atoms with E-state index >= 15 is 0 Å². The van der Waals surface area contributed by atoms with Gasteiger partial charge in [0.1, 0.15) is 0 Å². The van der Waals surface area contributed by atoms with E-state index in [1.165, 1.54) is 0 Å². The fourth-order valence-corrected chi connectivity index (χ4v) is 4.30. The number of rotatable bonds is 4. The van der Waals surface area contributed by atoms with E-state index < -0.39 is 18.8 Å². The molecule has 1 aromatic carbocycles. The number of anilines is 1. The molecule has 1 atom stereocenters. The monoisotopic (exact) mass is 410 g/mol. The van der Waals surface area contributed by atoms with Crippen molar-refractivity contribution in [3.63, 3.8) is 0 Å². The van der Waals surface area contributed by atoms with Crippen LogP contribution in [0.1, 0.15) is 31.7 Å². The van der Waals surface area contributed by atoms with Crippen molar-refractivity contribution < 1.29 is 18.3 Å². The van der Waals surface area contributed by atoms with Crippen LogP contribution >= 0.6 is 0 Å². The van der Waals surface area contributed by atoms with Gasteiger partial charge in [-0.2, -0.15) is 13.2 Å². The van der Waals surface area contributed by atoms with Crippen LogP contribution < -0.4 is 10.5 Å². The van der Waals surface area contributed by atoms with Gasteiger partial charge in [0.2, 0.25) is 0 Å². The molecule has 2 heterocycles. The summed E-state index contributed by atoms with van der Waals surface area (Å²) in [6.07, 6.45) is -0.967. The quantitative estimate of drug-likeness (QED) is 0.840. The van der Waals surface area contributed by atoms with E-state index in [1.807, 2.05) is 12.1 Å². The molecule has 6 nitrogen and oxygen atoms in total. The topological polar surface area (TPSA) is 61.6 Å². The lowest BCUT2D eigenvalue weighted by atomic mass is 10.1. The highest BCUT2D eigenvalue weighted by Crippen LogP contribution is 2.29. The molecule has 0 bridgehead atoms. The molecule has 1 unspecified atom stereocenters. The first-order valence-corrected chi connectivity index (χ1v) is 10.1. The van der Waals surface area contributed by atoms with E-state index in [4.69, 9.17) is 0 Å². The summed E-state index contributed by atoms with van der Waals surface area (Å²) < 4.78 is 39.3. The predicted octanol–water partition coefficient (Wildman–Crippen LogP) is 2.56. The molecule has 158 valence electrons. The van der Waals surface area contributed by atoms with Gasteiger partial charge >= 0.3 is 6.18 Å². The Hall–Kier alpha value is -2.13. The second kappa shape index (κ2) is 7.95. The Balaban J connectivity index is 1.45. The van der Waals surface area contributed by atoms with E-state index in [0.29, 0.717) is 37.1 Å². The van der Waals surface area contributed by atoms with Gasteiger partial charge in [-0.3, -0.25) is 14.3 Å². The second-order valence-corrected chi connectivity index (χ2v) is 7.94. The van der Waals surface area contributed by atoms with E-state index in [9.17, 15) is 23.1 Å². The highest BCUT2D eigenvalue weighted by atomic mass is 19.4. The number of aromatic nitrogens is 2. The zero-order chi connectivity index (χ0) is 20.6. The Labute approximate surface area is 166 Å². The molecule has 2 fully saturated rings. The van der Waals surface area contributed by atoms with Gasteiger partial charge in [0, 0.05) is 44.5 Å². The van der Waals surface area contributed by atoms with Crippen LogP contribution in [0.15, 0.2) is 29.3 Å². The van der Waals surface area contributed by atoms with E-state index in [0.717, 1.165) is 31.4 Å². The normalized spacial score (nSPS) is 20.5. The number of benzene rings is 1. The zero-order valence-corrected chi connectivity index (χ0v) is 16.1. The number of hydrogen-bond acceptors (Lipinski definition) is 5. The number of halogens is 3. The molecule has 1 aliphatic heterocycles. The molecule has 2 aliphatic rings. The maximum atomic E-state index is 12.8. The van der Waals surface area contributed by atoms with Gasteiger partial charge in [-0.1, -0.05) is 12.8 Å². The van der Waals surface area contributed by atoms with Gasteiger partial charge in [0.05, 0.1) is 17.2 Å². The zero-order valence-electron chi connectivity index (χ0n) is 16.1. The number of hydrogen-bond donors (Lipinski definition) is 1. The number of piperazine rings is 1. The van der Waals surface area contributed by atoms with Gasteiger partial charge < -0.3 is 10.0 Å². The highest BCUT2D eigenvalue weighted by Gasteiger charge is 2.39. The van der Waals surface area contributed by atoms with Crippen LogP contribution in [0.2, 0.25) is 0 Å². The standard InChI is InChI=1S/C20H25F3N4O2/c21-20(22,23)18(28)12-25-7-9-26(10-8-25)15-5-6-16-17(11-15)24-13-27(19(16)29)14-3-1-2-4-14/h5-6,11,13-14,18,28H,1-4,7-10,12H2. The van der Waals surface area contributed by atoms with Crippen molar-refractivity contribution in [3.05, 3.63) is 34.9 Å². The first-order chi connectivity index (χ1) is 13.8. The first kappa shape index (κ1) is 20.2. The molecule has 1 saturated carbocycles. The minimum atomic E-state index is -4.59. The number of fused-ring (bicyclic) bond motifs is 1. The molecule has 2 aromatic rings. The molecular weight excluding hydrogens is 385 g/mol. The molecule has 0 radical (unpaired) electrons. The lowest BCUT2D eigenvalue weighted by Gasteiger charge is -2.37. The van der Waals surface area contributed by atoms with Crippen molar-refractivity contribution in [2.75, 3.05) is 37.6 Å².